The molecule has 1 unspecified atom stereocenters. The highest BCUT2D eigenvalue weighted by atomic mass is 28.4. The van der Waals surface area contributed by atoms with E-state index in [2.05, 4.69) is 52.9 Å². The smallest absolute Gasteiger partial charge is 0.302 e. The summed E-state index contributed by atoms with van der Waals surface area (Å²) in [5.74, 6) is -0.778. The number of esters is 1. The van der Waals surface area contributed by atoms with Crippen molar-refractivity contribution in [1.82, 2.24) is 0 Å². The van der Waals surface area contributed by atoms with Crippen LogP contribution in [0.3, 0.4) is 0 Å². The number of ether oxygens (including phenoxy) is 5. The predicted molar refractivity (Wildman–Crippen MR) is 165 cm³/mol. The fourth-order valence-electron chi connectivity index (χ4n) is 5.98. The van der Waals surface area contributed by atoms with Gasteiger partial charge < -0.3 is 28.1 Å². The molecule has 0 bridgehead atoms. The van der Waals surface area contributed by atoms with E-state index in [0.29, 0.717) is 19.6 Å². The van der Waals surface area contributed by atoms with Crippen LogP contribution < -0.4 is 0 Å². The minimum Gasteiger partial charge on any atom is -0.466 e. The quantitative estimate of drug-likeness (QED) is 0.0622. The van der Waals surface area contributed by atoms with Gasteiger partial charge in [-0.05, 0) is 63.1 Å². The van der Waals surface area contributed by atoms with Crippen molar-refractivity contribution >= 4 is 14.3 Å². The van der Waals surface area contributed by atoms with Gasteiger partial charge in [0, 0.05) is 45.3 Å². The van der Waals surface area contributed by atoms with Crippen molar-refractivity contribution in [1.29, 1.82) is 0 Å². The van der Waals surface area contributed by atoms with E-state index in [1.54, 1.807) is 0 Å². The number of unbranched alkanes of at least 4 members (excludes halogenated alkanes) is 2. The largest absolute Gasteiger partial charge is 0.466 e. The molecule has 1 aliphatic carbocycles. The maximum absolute atomic E-state index is 11.5. The van der Waals surface area contributed by atoms with Crippen LogP contribution in [0.15, 0.2) is 12.2 Å². The molecule has 8 heteroatoms. The summed E-state index contributed by atoms with van der Waals surface area (Å²) in [6.45, 7) is 17.0. The summed E-state index contributed by atoms with van der Waals surface area (Å²) < 4.78 is 38.3. The van der Waals surface area contributed by atoms with E-state index in [1.165, 1.54) is 19.8 Å². The van der Waals surface area contributed by atoms with Crippen LogP contribution in [0.4, 0.5) is 0 Å². The molecule has 3 aliphatic rings. The Kier molecular flexibility index (Phi) is 13.8. The molecule has 2 saturated heterocycles. The molecule has 2 heterocycles. The standard InChI is InChI=1S/C33H60O7Si/c1-8-9-10-15-27(38-31-16-11-14-23-37-31)17-18-28-29(19-24-35-26(2)34)36-25-20-30(28)39-33(21-12-13-22-33)40-41(6,7)32(3,4)5/h17-18,27-31H,8-16,19-25H2,1-7H3/t27-,28-,29-,30-,31?/m0/s1. The molecule has 0 aromatic heterocycles. The van der Waals surface area contributed by atoms with Crippen LogP contribution in [0.2, 0.25) is 18.1 Å². The Labute approximate surface area is 251 Å². The molecule has 0 aromatic carbocycles. The summed E-state index contributed by atoms with van der Waals surface area (Å²) in [5.41, 5.74) is 0. The third-order valence-corrected chi connectivity index (χ3v) is 13.9. The highest BCUT2D eigenvalue weighted by Gasteiger charge is 2.49. The highest BCUT2D eigenvalue weighted by molar-refractivity contribution is 6.74. The molecule has 3 rings (SSSR count). The number of carbonyl (C=O) groups is 1. The molecular formula is C33H60O7Si. The van der Waals surface area contributed by atoms with Crippen molar-refractivity contribution in [2.45, 2.75) is 167 Å². The van der Waals surface area contributed by atoms with Gasteiger partial charge in [-0.2, -0.15) is 0 Å². The van der Waals surface area contributed by atoms with Gasteiger partial charge in [0.1, 0.15) is 0 Å². The second-order valence-electron chi connectivity index (χ2n) is 13.9. The normalized spacial score (nSPS) is 28.2. The summed E-state index contributed by atoms with van der Waals surface area (Å²) in [6.07, 6.45) is 17.5. The van der Waals surface area contributed by atoms with E-state index in [4.69, 9.17) is 28.1 Å². The highest BCUT2D eigenvalue weighted by Crippen LogP contribution is 2.46. The van der Waals surface area contributed by atoms with Gasteiger partial charge >= 0.3 is 5.97 Å². The lowest BCUT2D eigenvalue weighted by molar-refractivity contribution is -0.243. The van der Waals surface area contributed by atoms with E-state index < -0.39 is 14.1 Å². The zero-order chi connectivity index (χ0) is 29.9. The number of hydrogen-bond acceptors (Lipinski definition) is 7. The van der Waals surface area contributed by atoms with E-state index in [-0.39, 0.29) is 41.5 Å². The van der Waals surface area contributed by atoms with Gasteiger partial charge in [0.15, 0.2) is 20.4 Å². The Morgan fingerprint density at radius 3 is 2.44 bits per heavy atom. The first-order valence-corrected chi connectivity index (χ1v) is 19.4. The van der Waals surface area contributed by atoms with E-state index >= 15 is 0 Å². The second-order valence-corrected chi connectivity index (χ2v) is 18.6. The lowest BCUT2D eigenvalue weighted by Crippen LogP contribution is -2.53. The zero-order valence-corrected chi connectivity index (χ0v) is 28.2. The molecule has 7 nitrogen and oxygen atoms in total. The fraction of sp³-hybridized carbons (Fsp3) is 0.909. The molecule has 3 fully saturated rings. The summed E-state index contributed by atoms with van der Waals surface area (Å²) >= 11 is 0. The van der Waals surface area contributed by atoms with Crippen molar-refractivity contribution in [2.24, 2.45) is 5.92 Å². The van der Waals surface area contributed by atoms with Crippen molar-refractivity contribution in [3.8, 4) is 0 Å². The molecule has 0 spiro atoms. The number of rotatable bonds is 15. The van der Waals surface area contributed by atoms with Crippen LogP contribution in [0, 0.1) is 5.92 Å². The summed E-state index contributed by atoms with van der Waals surface area (Å²) in [4.78, 5) is 11.5. The van der Waals surface area contributed by atoms with Gasteiger partial charge in [0.2, 0.25) is 0 Å². The molecule has 0 N–H and O–H groups in total. The summed E-state index contributed by atoms with van der Waals surface area (Å²) in [5, 5.41) is 0.109. The van der Waals surface area contributed by atoms with Crippen LogP contribution in [0.25, 0.3) is 0 Å². The van der Waals surface area contributed by atoms with Crippen molar-refractivity contribution in [3.63, 3.8) is 0 Å². The lowest BCUT2D eigenvalue weighted by Gasteiger charge is -2.47. The monoisotopic (exact) mass is 596 g/mol. The van der Waals surface area contributed by atoms with Crippen LogP contribution in [0.1, 0.15) is 118 Å². The number of hydrogen-bond donors (Lipinski definition) is 0. The van der Waals surface area contributed by atoms with Crippen molar-refractivity contribution in [2.75, 3.05) is 19.8 Å². The van der Waals surface area contributed by atoms with Gasteiger partial charge in [-0.25, -0.2) is 0 Å². The number of carbonyl (C=O) groups excluding carboxylic acids is 1. The van der Waals surface area contributed by atoms with Gasteiger partial charge in [0.05, 0.1) is 24.9 Å². The topological polar surface area (TPSA) is 72.5 Å². The van der Waals surface area contributed by atoms with Crippen molar-refractivity contribution < 1.29 is 32.9 Å². The van der Waals surface area contributed by atoms with Crippen LogP contribution in [-0.2, 0) is 32.9 Å². The van der Waals surface area contributed by atoms with E-state index in [9.17, 15) is 4.79 Å². The lowest BCUT2D eigenvalue weighted by atomic mass is 9.88. The average Bonchev–Trinajstić information content (AvgIpc) is 3.35. The summed E-state index contributed by atoms with van der Waals surface area (Å²) in [6, 6.07) is 0. The van der Waals surface area contributed by atoms with Gasteiger partial charge in [0.25, 0.3) is 0 Å². The Hall–Kier alpha value is -0.773. The van der Waals surface area contributed by atoms with Crippen LogP contribution in [-0.4, -0.2) is 64.5 Å². The molecule has 0 aromatic rings. The molecule has 41 heavy (non-hydrogen) atoms. The molecule has 0 radical (unpaired) electrons. The Morgan fingerprint density at radius 1 is 1.05 bits per heavy atom. The van der Waals surface area contributed by atoms with Gasteiger partial charge in [-0.15, -0.1) is 0 Å². The molecule has 5 atom stereocenters. The molecule has 0 amide bonds. The van der Waals surface area contributed by atoms with Gasteiger partial charge in [-0.1, -0.05) is 59.1 Å². The molecule has 2 aliphatic heterocycles. The minimum atomic E-state index is -2.05. The molecular weight excluding hydrogens is 536 g/mol. The Morgan fingerprint density at radius 2 is 1.80 bits per heavy atom. The third-order valence-electron chi connectivity index (χ3n) is 9.38. The maximum atomic E-state index is 11.5. The average molecular weight is 597 g/mol. The second kappa shape index (κ2) is 16.3. The van der Waals surface area contributed by atoms with E-state index in [0.717, 1.165) is 70.8 Å². The Bertz CT molecular complexity index is 796. The van der Waals surface area contributed by atoms with E-state index in [1.807, 2.05) is 0 Å². The van der Waals surface area contributed by atoms with Crippen molar-refractivity contribution in [3.05, 3.63) is 12.2 Å². The SMILES string of the molecule is CCCCC[C@@H](C=C[C@H]1[C@H](CCOC(C)=O)OCC[C@@H]1OC1(O[Si](C)(C)C(C)(C)C)CCCC1)OC1CCCCO1. The first-order valence-electron chi connectivity index (χ1n) is 16.5. The molecule has 1 saturated carbocycles. The minimum absolute atomic E-state index is 0.00901. The zero-order valence-electron chi connectivity index (χ0n) is 27.2. The van der Waals surface area contributed by atoms with Gasteiger partial charge in [-0.3, -0.25) is 4.79 Å². The molecule has 238 valence electrons. The Balaban J connectivity index is 1.82. The fourth-order valence-corrected chi connectivity index (χ4v) is 7.47. The maximum Gasteiger partial charge on any atom is 0.302 e. The third kappa shape index (κ3) is 11.0. The first kappa shape index (κ1) is 34.7. The van der Waals surface area contributed by atoms with Crippen LogP contribution in [0.5, 0.6) is 0 Å². The van der Waals surface area contributed by atoms with Crippen LogP contribution >= 0.6 is 0 Å². The summed E-state index contributed by atoms with van der Waals surface area (Å²) in [7, 11) is -2.05. The predicted octanol–water partition coefficient (Wildman–Crippen LogP) is 8.07. The first-order chi connectivity index (χ1) is 19.4.